The highest BCUT2D eigenvalue weighted by molar-refractivity contribution is 9.10. The highest BCUT2D eigenvalue weighted by Crippen LogP contribution is 2.34. The molecule has 0 aliphatic rings. The standard InChI is InChI=1S/C12H8BrClFNO/c13-9-6-8(15)2-4-11(9)17-12-3-1-7(14)5-10(12)16/h1-6H,16H2. The predicted octanol–water partition coefficient (Wildman–Crippen LogP) is 4.62. The van der Waals surface area contributed by atoms with E-state index in [2.05, 4.69) is 15.9 Å². The van der Waals surface area contributed by atoms with E-state index < -0.39 is 0 Å². The second-order valence-corrected chi connectivity index (χ2v) is 4.65. The Bertz CT molecular complexity index is 513. The van der Waals surface area contributed by atoms with Crippen molar-refractivity contribution >= 4 is 33.2 Å². The van der Waals surface area contributed by atoms with Crippen LogP contribution in [-0.2, 0) is 0 Å². The molecule has 88 valence electrons. The third-order valence-electron chi connectivity index (χ3n) is 2.09. The summed E-state index contributed by atoms with van der Waals surface area (Å²) in [6, 6.07) is 9.08. The Labute approximate surface area is 111 Å². The molecule has 0 fully saturated rings. The van der Waals surface area contributed by atoms with Crippen LogP contribution in [0, 0.1) is 5.82 Å². The van der Waals surface area contributed by atoms with Crippen molar-refractivity contribution < 1.29 is 9.13 Å². The van der Waals surface area contributed by atoms with Crippen molar-refractivity contribution in [3.05, 3.63) is 51.7 Å². The van der Waals surface area contributed by atoms with E-state index in [1.807, 2.05) is 0 Å². The van der Waals surface area contributed by atoms with Gasteiger partial charge >= 0.3 is 0 Å². The van der Waals surface area contributed by atoms with Crippen LogP contribution in [0.25, 0.3) is 0 Å². The summed E-state index contributed by atoms with van der Waals surface area (Å²) in [6.07, 6.45) is 0. The van der Waals surface area contributed by atoms with Gasteiger partial charge in [0.1, 0.15) is 17.3 Å². The molecule has 0 aliphatic heterocycles. The molecule has 0 saturated heterocycles. The smallest absolute Gasteiger partial charge is 0.150 e. The van der Waals surface area contributed by atoms with Crippen molar-refractivity contribution in [2.45, 2.75) is 0 Å². The van der Waals surface area contributed by atoms with Crippen LogP contribution in [-0.4, -0.2) is 0 Å². The number of hydrogen-bond acceptors (Lipinski definition) is 2. The maximum Gasteiger partial charge on any atom is 0.150 e. The summed E-state index contributed by atoms with van der Waals surface area (Å²) < 4.78 is 19.0. The lowest BCUT2D eigenvalue weighted by atomic mass is 10.3. The van der Waals surface area contributed by atoms with E-state index in [-0.39, 0.29) is 5.82 Å². The van der Waals surface area contributed by atoms with E-state index in [0.717, 1.165) is 0 Å². The Balaban J connectivity index is 2.31. The van der Waals surface area contributed by atoms with Crippen molar-refractivity contribution in [2.24, 2.45) is 0 Å². The summed E-state index contributed by atoms with van der Waals surface area (Å²) in [5, 5.41) is 0.535. The van der Waals surface area contributed by atoms with Crippen molar-refractivity contribution in [2.75, 3.05) is 5.73 Å². The van der Waals surface area contributed by atoms with Crippen LogP contribution in [0.4, 0.5) is 10.1 Å². The molecule has 2 N–H and O–H groups in total. The first-order valence-corrected chi connectivity index (χ1v) is 5.91. The first kappa shape index (κ1) is 12.2. The van der Waals surface area contributed by atoms with Crippen LogP contribution in [0.3, 0.4) is 0 Å². The van der Waals surface area contributed by atoms with Crippen LogP contribution in [0.15, 0.2) is 40.9 Å². The Kier molecular flexibility index (Phi) is 3.54. The fraction of sp³-hybridized carbons (Fsp3) is 0. The van der Waals surface area contributed by atoms with E-state index in [4.69, 9.17) is 22.1 Å². The number of anilines is 1. The van der Waals surface area contributed by atoms with E-state index in [1.54, 1.807) is 18.2 Å². The van der Waals surface area contributed by atoms with Crippen molar-refractivity contribution in [3.63, 3.8) is 0 Å². The first-order valence-electron chi connectivity index (χ1n) is 4.74. The van der Waals surface area contributed by atoms with Crippen LogP contribution < -0.4 is 10.5 Å². The molecule has 0 heterocycles. The van der Waals surface area contributed by atoms with Crippen LogP contribution >= 0.6 is 27.5 Å². The number of hydrogen-bond donors (Lipinski definition) is 1. The fourth-order valence-electron chi connectivity index (χ4n) is 1.29. The molecular weight excluding hydrogens is 308 g/mol. The van der Waals surface area contributed by atoms with Gasteiger partial charge in [-0.3, -0.25) is 0 Å². The van der Waals surface area contributed by atoms with E-state index >= 15 is 0 Å². The van der Waals surface area contributed by atoms with Gasteiger partial charge < -0.3 is 10.5 Å². The maximum absolute atomic E-state index is 12.9. The quantitative estimate of drug-likeness (QED) is 0.821. The normalized spacial score (nSPS) is 10.3. The molecule has 2 aromatic rings. The third kappa shape index (κ3) is 2.90. The first-order chi connectivity index (χ1) is 8.06. The minimum atomic E-state index is -0.340. The fourth-order valence-corrected chi connectivity index (χ4v) is 1.90. The van der Waals surface area contributed by atoms with Gasteiger partial charge in [0.25, 0.3) is 0 Å². The number of nitrogen functional groups attached to an aromatic ring is 1. The lowest BCUT2D eigenvalue weighted by Crippen LogP contribution is -1.92. The molecule has 2 rings (SSSR count). The minimum absolute atomic E-state index is 0.340. The van der Waals surface area contributed by atoms with Crippen LogP contribution in [0.1, 0.15) is 0 Å². The maximum atomic E-state index is 12.9. The summed E-state index contributed by atoms with van der Waals surface area (Å²) in [5.41, 5.74) is 6.18. The zero-order valence-electron chi connectivity index (χ0n) is 8.58. The summed E-state index contributed by atoms with van der Waals surface area (Å²) in [5.74, 6) is 0.621. The molecule has 0 radical (unpaired) electrons. The summed E-state index contributed by atoms with van der Waals surface area (Å²) in [6.45, 7) is 0. The monoisotopic (exact) mass is 315 g/mol. The van der Waals surface area contributed by atoms with Gasteiger partial charge in [0.2, 0.25) is 0 Å². The van der Waals surface area contributed by atoms with Crippen LogP contribution in [0.5, 0.6) is 11.5 Å². The third-order valence-corrected chi connectivity index (χ3v) is 2.94. The molecule has 0 atom stereocenters. The molecule has 5 heteroatoms. The predicted molar refractivity (Wildman–Crippen MR) is 70.0 cm³/mol. The van der Waals surface area contributed by atoms with Gasteiger partial charge in [-0.15, -0.1) is 0 Å². The average molecular weight is 317 g/mol. The van der Waals surface area contributed by atoms with Gasteiger partial charge in [-0.25, -0.2) is 4.39 Å². The molecule has 0 aliphatic carbocycles. The van der Waals surface area contributed by atoms with E-state index in [0.29, 0.717) is 26.7 Å². The van der Waals surface area contributed by atoms with Gasteiger partial charge in [0.05, 0.1) is 10.2 Å². The molecule has 17 heavy (non-hydrogen) atoms. The summed E-state index contributed by atoms with van der Waals surface area (Å²) in [4.78, 5) is 0. The Morgan fingerprint density at radius 3 is 2.47 bits per heavy atom. The van der Waals surface area contributed by atoms with Gasteiger partial charge in [0.15, 0.2) is 0 Å². The van der Waals surface area contributed by atoms with E-state index in [1.165, 1.54) is 18.2 Å². The Hall–Kier alpha value is -1.26. The Morgan fingerprint density at radius 1 is 1.12 bits per heavy atom. The molecule has 0 spiro atoms. The van der Waals surface area contributed by atoms with Gasteiger partial charge in [-0.1, -0.05) is 11.6 Å². The van der Waals surface area contributed by atoms with Crippen molar-refractivity contribution in [1.82, 2.24) is 0 Å². The van der Waals surface area contributed by atoms with Crippen molar-refractivity contribution in [3.8, 4) is 11.5 Å². The number of halogens is 3. The molecule has 0 aromatic heterocycles. The SMILES string of the molecule is Nc1cc(Cl)ccc1Oc1ccc(F)cc1Br. The second kappa shape index (κ2) is 4.94. The largest absolute Gasteiger partial charge is 0.454 e. The summed E-state index contributed by atoms with van der Waals surface area (Å²) >= 11 is 8.99. The molecule has 0 saturated carbocycles. The van der Waals surface area contributed by atoms with Crippen molar-refractivity contribution in [1.29, 1.82) is 0 Å². The zero-order valence-corrected chi connectivity index (χ0v) is 10.9. The molecule has 0 amide bonds. The number of benzene rings is 2. The number of ether oxygens (including phenoxy) is 1. The lowest BCUT2D eigenvalue weighted by Gasteiger charge is -2.10. The molecular formula is C12H8BrClFNO. The Morgan fingerprint density at radius 2 is 1.82 bits per heavy atom. The van der Waals surface area contributed by atoms with Gasteiger partial charge in [0, 0.05) is 5.02 Å². The number of nitrogens with two attached hydrogens (primary N) is 1. The van der Waals surface area contributed by atoms with Gasteiger partial charge in [-0.05, 0) is 52.3 Å². The van der Waals surface area contributed by atoms with Crippen LogP contribution in [0.2, 0.25) is 5.02 Å². The highest BCUT2D eigenvalue weighted by Gasteiger charge is 2.07. The second-order valence-electron chi connectivity index (χ2n) is 3.36. The highest BCUT2D eigenvalue weighted by atomic mass is 79.9. The molecule has 0 bridgehead atoms. The van der Waals surface area contributed by atoms with Gasteiger partial charge in [-0.2, -0.15) is 0 Å². The topological polar surface area (TPSA) is 35.2 Å². The average Bonchev–Trinajstić information content (AvgIpc) is 2.25. The molecule has 2 nitrogen and oxygen atoms in total. The van der Waals surface area contributed by atoms with E-state index in [9.17, 15) is 4.39 Å². The molecule has 2 aromatic carbocycles. The summed E-state index contributed by atoms with van der Waals surface area (Å²) in [7, 11) is 0. The lowest BCUT2D eigenvalue weighted by molar-refractivity contribution is 0.479. The zero-order chi connectivity index (χ0) is 12.4. The number of rotatable bonds is 2. The minimum Gasteiger partial charge on any atom is -0.454 e. The molecule has 0 unspecified atom stereocenters.